The third-order valence-corrected chi connectivity index (χ3v) is 2.02. The number of hydrogen-bond acceptors (Lipinski definition) is 0. The lowest BCUT2D eigenvalue weighted by atomic mass is 10.3. The van der Waals surface area contributed by atoms with E-state index in [1.807, 2.05) is 0 Å². The van der Waals surface area contributed by atoms with Gasteiger partial charge in [-0.2, -0.15) is 0 Å². The molecule has 0 atom stereocenters. The maximum Gasteiger partial charge on any atom is -0.0163 e. The Morgan fingerprint density at radius 2 is 1.00 bits per heavy atom. The molecule has 0 aliphatic heterocycles. The zero-order chi connectivity index (χ0) is 11.2. The topological polar surface area (TPSA) is 0 Å². The molecule has 0 N–H and O–H groups in total. The Labute approximate surface area is 95.1 Å². The van der Waals surface area contributed by atoms with Crippen molar-refractivity contribution in [2.24, 2.45) is 0 Å². The Hall–Kier alpha value is -1.04. The average molecular weight is 204 g/mol. The first-order chi connectivity index (χ1) is 7.41. The lowest BCUT2D eigenvalue weighted by Crippen LogP contribution is -1.59. The minimum absolute atomic E-state index is 1.14. The number of rotatable bonds is 2. The molecule has 2 aliphatic carbocycles. The Kier molecular flexibility index (Phi) is 12.1. The van der Waals surface area contributed by atoms with Crippen molar-refractivity contribution in [2.45, 2.75) is 46.0 Å². The monoisotopic (exact) mass is 204 g/mol. The van der Waals surface area contributed by atoms with Gasteiger partial charge in [-0.05, 0) is 12.8 Å². The van der Waals surface area contributed by atoms with Crippen molar-refractivity contribution in [1.82, 2.24) is 0 Å². The van der Waals surface area contributed by atoms with Crippen LogP contribution in [0.1, 0.15) is 46.0 Å². The molecule has 0 heteroatoms. The van der Waals surface area contributed by atoms with Crippen LogP contribution in [0.25, 0.3) is 0 Å². The van der Waals surface area contributed by atoms with E-state index in [9.17, 15) is 0 Å². The Morgan fingerprint density at radius 3 is 1.07 bits per heavy atom. The first-order valence-electron chi connectivity index (χ1n) is 6.05. The van der Waals surface area contributed by atoms with Gasteiger partial charge in [-0.1, -0.05) is 81.7 Å². The van der Waals surface area contributed by atoms with Gasteiger partial charge in [0.05, 0.1) is 0 Å². The second-order valence-corrected chi connectivity index (χ2v) is 3.54. The molecule has 0 heterocycles. The summed E-state index contributed by atoms with van der Waals surface area (Å²) < 4.78 is 0. The van der Waals surface area contributed by atoms with Gasteiger partial charge in [0.1, 0.15) is 0 Å². The average Bonchev–Trinajstić information content (AvgIpc) is 2.99. The van der Waals surface area contributed by atoms with Gasteiger partial charge < -0.3 is 0 Å². The predicted octanol–water partition coefficient (Wildman–Crippen LogP) is 5.20. The molecule has 0 unspecified atom stereocenters. The Morgan fingerprint density at radius 1 is 0.667 bits per heavy atom. The van der Waals surface area contributed by atoms with Crippen molar-refractivity contribution in [2.75, 3.05) is 0 Å². The third-order valence-electron chi connectivity index (χ3n) is 2.02. The van der Waals surface area contributed by atoms with Gasteiger partial charge in [-0.3, -0.25) is 0 Å². The van der Waals surface area contributed by atoms with Crippen LogP contribution in [0.5, 0.6) is 0 Å². The maximum atomic E-state index is 2.21. The van der Waals surface area contributed by atoms with Gasteiger partial charge in [0.15, 0.2) is 0 Å². The second-order valence-electron chi connectivity index (χ2n) is 3.54. The van der Waals surface area contributed by atoms with E-state index < -0.39 is 0 Å². The third kappa shape index (κ3) is 13.0. The smallest absolute Gasteiger partial charge is 0.0163 e. The fourth-order valence-corrected chi connectivity index (χ4v) is 1.14. The molecule has 2 rings (SSSR count). The minimum atomic E-state index is 1.14. The van der Waals surface area contributed by atoms with Gasteiger partial charge in [-0.25, -0.2) is 0 Å². The van der Waals surface area contributed by atoms with E-state index in [-0.39, 0.29) is 0 Å². The van der Waals surface area contributed by atoms with E-state index in [4.69, 9.17) is 0 Å². The van der Waals surface area contributed by atoms with Crippen molar-refractivity contribution in [3.8, 4) is 0 Å². The quantitative estimate of drug-likeness (QED) is 0.580. The van der Waals surface area contributed by atoms with Crippen molar-refractivity contribution in [3.63, 3.8) is 0 Å². The number of allylic oxidation sites excluding steroid dienone is 8. The lowest BCUT2D eigenvalue weighted by molar-refractivity contribution is 0.772. The van der Waals surface area contributed by atoms with Gasteiger partial charge in [0, 0.05) is 0 Å². The normalized spacial score (nSPS) is 14.5. The molecule has 0 aromatic rings. The van der Waals surface area contributed by atoms with Gasteiger partial charge in [-0.15, -0.1) is 0 Å². The molecule has 0 aromatic heterocycles. The van der Waals surface area contributed by atoms with Crippen molar-refractivity contribution < 1.29 is 0 Å². The van der Waals surface area contributed by atoms with E-state index in [0.717, 1.165) is 12.8 Å². The molecule has 15 heavy (non-hydrogen) atoms. The summed E-state index contributed by atoms with van der Waals surface area (Å²) in [5, 5.41) is 0. The zero-order valence-corrected chi connectivity index (χ0v) is 10.2. The summed E-state index contributed by atoms with van der Waals surface area (Å²) in [4.78, 5) is 0. The largest absolute Gasteiger partial charge is 0.0808 e. The molecule has 0 aromatic carbocycles. The van der Waals surface area contributed by atoms with Crippen LogP contribution in [0.4, 0.5) is 0 Å². The number of hydrogen-bond donors (Lipinski definition) is 0. The fraction of sp³-hybridized carbons (Fsp3) is 0.467. The summed E-state index contributed by atoms with van der Waals surface area (Å²) in [6.07, 6.45) is 23.1. The molecular formula is C15H24. The van der Waals surface area contributed by atoms with Crippen molar-refractivity contribution in [1.29, 1.82) is 0 Å². The lowest BCUT2D eigenvalue weighted by Gasteiger charge is -1.79. The van der Waals surface area contributed by atoms with E-state index in [2.05, 4.69) is 62.5 Å². The summed E-state index contributed by atoms with van der Waals surface area (Å²) >= 11 is 0. The molecule has 0 saturated heterocycles. The van der Waals surface area contributed by atoms with E-state index >= 15 is 0 Å². The standard InChI is InChI=1S/2C5H6.C5H12/c2*1-2-4-5-3-1;1-3-5-4-2/h2*1-4H,5H2;3-5H2,1-2H3. The minimum Gasteiger partial charge on any atom is -0.0808 e. The van der Waals surface area contributed by atoms with Crippen molar-refractivity contribution >= 4 is 0 Å². The predicted molar refractivity (Wildman–Crippen MR) is 71.0 cm³/mol. The molecule has 2 aliphatic rings. The highest BCUT2D eigenvalue weighted by Crippen LogP contribution is 1.93. The van der Waals surface area contributed by atoms with Crippen LogP contribution in [0.15, 0.2) is 48.6 Å². The van der Waals surface area contributed by atoms with Crippen LogP contribution in [0.2, 0.25) is 0 Å². The molecular weight excluding hydrogens is 180 g/mol. The summed E-state index contributed by atoms with van der Waals surface area (Å²) in [6.45, 7) is 4.42. The van der Waals surface area contributed by atoms with Crippen LogP contribution < -0.4 is 0 Å². The van der Waals surface area contributed by atoms with Crippen LogP contribution in [-0.2, 0) is 0 Å². The SMILES string of the molecule is C1=CCC=C1.C1=CCC=C1.CCCCC. The fourth-order valence-electron chi connectivity index (χ4n) is 1.14. The highest BCUT2D eigenvalue weighted by molar-refractivity contribution is 5.12. The van der Waals surface area contributed by atoms with Crippen LogP contribution >= 0.6 is 0 Å². The molecule has 0 amide bonds. The molecule has 0 fully saturated rings. The van der Waals surface area contributed by atoms with Crippen molar-refractivity contribution in [3.05, 3.63) is 48.6 Å². The molecule has 84 valence electrons. The molecule has 0 radical (unpaired) electrons. The highest BCUT2D eigenvalue weighted by Gasteiger charge is 1.72. The van der Waals surface area contributed by atoms with Gasteiger partial charge in [0.25, 0.3) is 0 Å². The summed E-state index contributed by atoms with van der Waals surface area (Å²) in [5.74, 6) is 0. The summed E-state index contributed by atoms with van der Waals surface area (Å²) in [5.41, 5.74) is 0. The van der Waals surface area contributed by atoms with Gasteiger partial charge >= 0.3 is 0 Å². The van der Waals surface area contributed by atoms with Gasteiger partial charge in [0.2, 0.25) is 0 Å². The summed E-state index contributed by atoms with van der Waals surface area (Å²) in [6, 6.07) is 0. The van der Waals surface area contributed by atoms with E-state index in [0.29, 0.717) is 0 Å². The van der Waals surface area contributed by atoms with E-state index in [1.54, 1.807) is 0 Å². The maximum absolute atomic E-state index is 2.21. The van der Waals surface area contributed by atoms with Crippen LogP contribution in [0, 0.1) is 0 Å². The van der Waals surface area contributed by atoms with E-state index in [1.165, 1.54) is 19.3 Å². The Balaban J connectivity index is 0.000000196. The van der Waals surface area contributed by atoms with Crippen LogP contribution in [-0.4, -0.2) is 0 Å². The molecule has 0 saturated carbocycles. The second kappa shape index (κ2) is 13.0. The molecule has 0 spiro atoms. The molecule has 0 bridgehead atoms. The summed E-state index contributed by atoms with van der Waals surface area (Å²) in [7, 11) is 0. The highest BCUT2D eigenvalue weighted by atomic mass is 13.8. The number of unbranched alkanes of at least 4 members (excludes halogenated alkanes) is 2. The first kappa shape index (κ1) is 14.0. The van der Waals surface area contributed by atoms with Crippen LogP contribution in [0.3, 0.4) is 0 Å². The zero-order valence-electron chi connectivity index (χ0n) is 10.2. The first-order valence-corrected chi connectivity index (χ1v) is 6.05. The molecule has 0 nitrogen and oxygen atoms in total. The Bertz CT molecular complexity index is 172.